The minimum atomic E-state index is 0.445. The second-order valence-corrected chi connectivity index (χ2v) is 8.05. The zero-order valence-electron chi connectivity index (χ0n) is 15.0. The van der Waals surface area contributed by atoms with Crippen molar-refractivity contribution in [3.63, 3.8) is 0 Å². The van der Waals surface area contributed by atoms with E-state index in [1.54, 1.807) is 43.8 Å². The highest BCUT2D eigenvalue weighted by Gasteiger charge is 2.12. The summed E-state index contributed by atoms with van der Waals surface area (Å²) in [5.41, 5.74) is 0.764. The van der Waals surface area contributed by atoms with Crippen molar-refractivity contribution in [2.45, 2.75) is 16.5 Å². The van der Waals surface area contributed by atoms with E-state index < -0.39 is 0 Å². The number of hydrogen-bond donors (Lipinski definition) is 0. The summed E-state index contributed by atoms with van der Waals surface area (Å²) in [4.78, 5) is 1.11. The molecule has 3 rings (SSSR count). The van der Waals surface area contributed by atoms with E-state index in [1.807, 2.05) is 36.4 Å². The van der Waals surface area contributed by atoms with Crippen molar-refractivity contribution in [1.82, 2.24) is 10.2 Å². The molecule has 0 radical (unpaired) electrons. The molecule has 27 heavy (non-hydrogen) atoms. The van der Waals surface area contributed by atoms with Crippen LogP contribution in [0.2, 0.25) is 5.02 Å². The van der Waals surface area contributed by atoms with E-state index in [-0.39, 0.29) is 0 Å². The van der Waals surface area contributed by atoms with Crippen molar-refractivity contribution < 1.29 is 13.9 Å². The van der Waals surface area contributed by atoms with Crippen molar-refractivity contribution in [3.05, 3.63) is 47.5 Å². The Kier molecular flexibility index (Phi) is 7.32. The highest BCUT2D eigenvalue weighted by molar-refractivity contribution is 8.00. The lowest BCUT2D eigenvalue weighted by atomic mass is 10.2. The molecule has 3 aromatic rings. The number of rotatable bonds is 9. The second-order valence-electron chi connectivity index (χ2n) is 5.46. The fourth-order valence-corrected chi connectivity index (χ4v) is 4.35. The predicted octanol–water partition coefficient (Wildman–Crippen LogP) is 5.68. The fraction of sp³-hybridized carbons (Fsp3) is 0.263. The van der Waals surface area contributed by atoms with Crippen molar-refractivity contribution in [1.29, 1.82) is 0 Å². The van der Waals surface area contributed by atoms with Crippen LogP contribution >= 0.6 is 35.1 Å². The van der Waals surface area contributed by atoms with Gasteiger partial charge in [0.1, 0.15) is 11.5 Å². The number of aromatic nitrogens is 2. The van der Waals surface area contributed by atoms with Crippen molar-refractivity contribution in [2.24, 2.45) is 0 Å². The zero-order chi connectivity index (χ0) is 19.1. The Morgan fingerprint density at radius 2 is 1.67 bits per heavy atom. The third kappa shape index (κ3) is 5.57. The van der Waals surface area contributed by atoms with Crippen LogP contribution in [0.1, 0.15) is 6.42 Å². The molecule has 142 valence electrons. The van der Waals surface area contributed by atoms with E-state index in [0.29, 0.717) is 22.6 Å². The monoisotopic (exact) mass is 422 g/mol. The Morgan fingerprint density at radius 1 is 0.963 bits per heavy atom. The van der Waals surface area contributed by atoms with Gasteiger partial charge in [-0.15, -0.1) is 22.0 Å². The first kappa shape index (κ1) is 19.9. The number of halogens is 1. The topological polar surface area (TPSA) is 57.4 Å². The molecule has 5 nitrogen and oxygen atoms in total. The molecule has 0 fully saturated rings. The Hall–Kier alpha value is -1.83. The van der Waals surface area contributed by atoms with Crippen LogP contribution in [-0.2, 0) is 0 Å². The lowest BCUT2D eigenvalue weighted by Gasteiger charge is -2.05. The molecule has 0 bridgehead atoms. The Morgan fingerprint density at radius 3 is 2.37 bits per heavy atom. The maximum atomic E-state index is 6.16. The highest BCUT2D eigenvalue weighted by atomic mass is 35.5. The maximum Gasteiger partial charge on any atom is 0.276 e. The van der Waals surface area contributed by atoms with Crippen LogP contribution in [-0.4, -0.2) is 35.9 Å². The van der Waals surface area contributed by atoms with Crippen molar-refractivity contribution in [3.8, 4) is 23.0 Å². The van der Waals surface area contributed by atoms with E-state index in [4.69, 9.17) is 25.5 Å². The molecule has 0 saturated carbocycles. The van der Waals surface area contributed by atoms with E-state index in [0.717, 1.165) is 33.4 Å². The third-order valence-corrected chi connectivity index (χ3v) is 6.12. The van der Waals surface area contributed by atoms with Crippen molar-refractivity contribution in [2.75, 3.05) is 25.7 Å². The molecule has 0 amide bonds. The van der Waals surface area contributed by atoms with Crippen LogP contribution in [0.25, 0.3) is 11.5 Å². The largest absolute Gasteiger partial charge is 0.497 e. The number of benzene rings is 2. The van der Waals surface area contributed by atoms with E-state index in [9.17, 15) is 0 Å². The molecule has 0 aliphatic heterocycles. The first-order chi connectivity index (χ1) is 13.2. The Bertz CT molecular complexity index is 867. The summed E-state index contributed by atoms with van der Waals surface area (Å²) in [6, 6.07) is 13.4. The molecular weight excluding hydrogens is 404 g/mol. The van der Waals surface area contributed by atoms with E-state index >= 15 is 0 Å². The first-order valence-electron chi connectivity index (χ1n) is 8.26. The van der Waals surface area contributed by atoms with Gasteiger partial charge in [0.05, 0.1) is 19.2 Å². The number of nitrogens with zero attached hydrogens (tertiary/aromatic N) is 2. The Balaban J connectivity index is 1.52. The standard InChI is InChI=1S/C19H19ClN2O3S2/c1-23-14-10-13(11-15(12-14)24-2)18-21-22-19(25-18)27-9-5-8-26-17-7-4-3-6-16(17)20/h3-4,6-7,10-12H,5,8-9H2,1-2H3. The predicted molar refractivity (Wildman–Crippen MR) is 110 cm³/mol. The highest BCUT2D eigenvalue weighted by Crippen LogP contribution is 2.31. The minimum absolute atomic E-state index is 0.445. The summed E-state index contributed by atoms with van der Waals surface area (Å²) in [6.07, 6.45) is 1.01. The van der Waals surface area contributed by atoms with Crippen LogP contribution in [0.5, 0.6) is 11.5 Å². The molecule has 0 saturated heterocycles. The van der Waals surface area contributed by atoms with Gasteiger partial charge in [-0.3, -0.25) is 0 Å². The first-order valence-corrected chi connectivity index (χ1v) is 10.6. The Labute approximate surface area is 171 Å². The summed E-state index contributed by atoms with van der Waals surface area (Å²) in [5, 5.41) is 9.58. The van der Waals surface area contributed by atoms with Gasteiger partial charge in [-0.25, -0.2) is 0 Å². The molecule has 0 spiro atoms. The van der Waals surface area contributed by atoms with Crippen LogP contribution in [0, 0.1) is 0 Å². The SMILES string of the molecule is COc1cc(OC)cc(-c2nnc(SCCCSc3ccccc3Cl)o2)c1. The molecule has 8 heteroatoms. The molecule has 1 heterocycles. The van der Waals surface area contributed by atoms with Crippen LogP contribution in [0.3, 0.4) is 0 Å². The van der Waals surface area contributed by atoms with E-state index in [1.165, 1.54) is 0 Å². The van der Waals surface area contributed by atoms with Gasteiger partial charge < -0.3 is 13.9 Å². The molecule has 1 aromatic heterocycles. The van der Waals surface area contributed by atoms with Crippen molar-refractivity contribution >= 4 is 35.1 Å². The van der Waals surface area contributed by atoms with Gasteiger partial charge in [0.2, 0.25) is 5.89 Å². The van der Waals surface area contributed by atoms with Crippen LogP contribution < -0.4 is 9.47 Å². The molecule has 0 atom stereocenters. The summed E-state index contributed by atoms with van der Waals surface area (Å²) in [7, 11) is 3.21. The lowest BCUT2D eigenvalue weighted by molar-refractivity contribution is 0.394. The van der Waals surface area contributed by atoms with Gasteiger partial charge in [-0.1, -0.05) is 35.5 Å². The van der Waals surface area contributed by atoms with Gasteiger partial charge in [-0.2, -0.15) is 0 Å². The van der Waals surface area contributed by atoms with Crippen LogP contribution in [0.15, 0.2) is 57.0 Å². The molecule has 0 N–H and O–H groups in total. The number of thioether (sulfide) groups is 2. The quantitative estimate of drug-likeness (QED) is 0.324. The molecule has 0 aliphatic carbocycles. The zero-order valence-corrected chi connectivity index (χ0v) is 17.4. The third-order valence-electron chi connectivity index (χ3n) is 3.61. The smallest absolute Gasteiger partial charge is 0.276 e. The normalized spacial score (nSPS) is 10.8. The molecule has 2 aromatic carbocycles. The molecular formula is C19H19ClN2O3S2. The van der Waals surface area contributed by atoms with Gasteiger partial charge in [0.25, 0.3) is 5.22 Å². The number of methoxy groups -OCH3 is 2. The number of ether oxygens (including phenoxy) is 2. The average molecular weight is 423 g/mol. The van der Waals surface area contributed by atoms with Gasteiger partial charge in [0.15, 0.2) is 0 Å². The van der Waals surface area contributed by atoms with Gasteiger partial charge >= 0.3 is 0 Å². The minimum Gasteiger partial charge on any atom is -0.497 e. The van der Waals surface area contributed by atoms with E-state index in [2.05, 4.69) is 10.2 Å². The fourth-order valence-electron chi connectivity index (χ4n) is 2.28. The summed E-state index contributed by atoms with van der Waals surface area (Å²) in [5.74, 6) is 3.66. The van der Waals surface area contributed by atoms with Crippen LogP contribution in [0.4, 0.5) is 0 Å². The van der Waals surface area contributed by atoms with Gasteiger partial charge in [0, 0.05) is 22.3 Å². The lowest BCUT2D eigenvalue weighted by Crippen LogP contribution is -1.88. The second kappa shape index (κ2) is 9.92. The van der Waals surface area contributed by atoms with Gasteiger partial charge in [-0.05, 0) is 36.4 Å². The number of hydrogen-bond acceptors (Lipinski definition) is 7. The molecule has 0 unspecified atom stereocenters. The average Bonchev–Trinajstić information content (AvgIpc) is 3.17. The molecule has 0 aliphatic rings. The summed E-state index contributed by atoms with van der Waals surface area (Å²) in [6.45, 7) is 0. The maximum absolute atomic E-state index is 6.16. The summed E-state index contributed by atoms with van der Waals surface area (Å²) >= 11 is 9.46. The summed E-state index contributed by atoms with van der Waals surface area (Å²) < 4.78 is 16.3.